The van der Waals surface area contributed by atoms with Gasteiger partial charge in [-0.15, -0.1) is 0 Å². The van der Waals surface area contributed by atoms with E-state index in [1.54, 1.807) is 6.08 Å². The van der Waals surface area contributed by atoms with Gasteiger partial charge in [-0.2, -0.15) is 0 Å². The maximum atomic E-state index is 12.3. The first-order chi connectivity index (χ1) is 13.5. The van der Waals surface area contributed by atoms with Crippen molar-refractivity contribution in [1.82, 2.24) is 10.2 Å². The van der Waals surface area contributed by atoms with E-state index in [0.29, 0.717) is 13.2 Å². The highest BCUT2D eigenvalue weighted by atomic mass is 16.5. The van der Waals surface area contributed by atoms with Crippen molar-refractivity contribution < 1.29 is 14.3 Å². The average molecular weight is 380 g/mol. The highest BCUT2D eigenvalue weighted by Crippen LogP contribution is 2.15. The van der Waals surface area contributed by atoms with Crippen LogP contribution in [0, 0.1) is 0 Å². The molecule has 0 aliphatic heterocycles. The van der Waals surface area contributed by atoms with Crippen LogP contribution >= 0.6 is 0 Å². The van der Waals surface area contributed by atoms with Crippen LogP contribution in [0.3, 0.4) is 0 Å². The predicted molar refractivity (Wildman–Crippen MR) is 112 cm³/mol. The van der Waals surface area contributed by atoms with Gasteiger partial charge >= 0.3 is 0 Å². The number of likely N-dealkylation sites (N-methyl/N-ethyl adjacent to an activating group) is 1. The zero-order chi connectivity index (χ0) is 20.4. The normalized spacial score (nSPS) is 10.9. The van der Waals surface area contributed by atoms with Crippen molar-refractivity contribution in [3.05, 3.63) is 71.8 Å². The number of nitrogens with one attached hydrogen (secondary N) is 1. The van der Waals surface area contributed by atoms with Gasteiger partial charge < -0.3 is 15.0 Å². The first-order valence-electron chi connectivity index (χ1n) is 9.51. The van der Waals surface area contributed by atoms with Crippen LogP contribution in [0.2, 0.25) is 0 Å². The molecule has 0 radical (unpaired) electrons. The van der Waals surface area contributed by atoms with E-state index in [1.807, 2.05) is 75.4 Å². The van der Waals surface area contributed by atoms with Crippen LogP contribution in [-0.2, 0) is 16.2 Å². The summed E-state index contributed by atoms with van der Waals surface area (Å²) >= 11 is 0. The molecule has 148 valence electrons. The van der Waals surface area contributed by atoms with Crippen molar-refractivity contribution in [1.29, 1.82) is 0 Å². The van der Waals surface area contributed by atoms with Crippen molar-refractivity contribution in [3.8, 4) is 5.75 Å². The minimum absolute atomic E-state index is 0.0551. The minimum atomic E-state index is -0.189. The molecule has 0 fully saturated rings. The summed E-state index contributed by atoms with van der Waals surface area (Å²) in [7, 11) is 0. The molecule has 0 heterocycles. The van der Waals surface area contributed by atoms with Crippen molar-refractivity contribution in [2.75, 3.05) is 13.1 Å². The third-order valence-electron chi connectivity index (χ3n) is 4.02. The van der Waals surface area contributed by atoms with Gasteiger partial charge in [-0.1, -0.05) is 42.5 Å². The summed E-state index contributed by atoms with van der Waals surface area (Å²) in [6.45, 7) is 6.68. The maximum absolute atomic E-state index is 12.3. The summed E-state index contributed by atoms with van der Waals surface area (Å²) in [6.07, 6.45) is 3.23. The summed E-state index contributed by atoms with van der Waals surface area (Å²) in [5.74, 6) is 0.428. The van der Waals surface area contributed by atoms with E-state index < -0.39 is 0 Å². The number of rotatable bonds is 9. The van der Waals surface area contributed by atoms with Crippen LogP contribution in [0.15, 0.2) is 60.7 Å². The van der Waals surface area contributed by atoms with E-state index in [0.717, 1.165) is 16.9 Å². The predicted octanol–water partition coefficient (Wildman–Crippen LogP) is 3.65. The number of carbonyl (C=O) groups excluding carboxylic acids is 2. The highest BCUT2D eigenvalue weighted by Gasteiger charge is 2.13. The Labute approximate surface area is 167 Å². The molecule has 28 heavy (non-hydrogen) atoms. The summed E-state index contributed by atoms with van der Waals surface area (Å²) in [5.41, 5.74) is 2.00. The van der Waals surface area contributed by atoms with E-state index in [1.165, 1.54) is 11.0 Å². The molecule has 0 saturated carbocycles. The Hall–Kier alpha value is -3.08. The molecule has 5 heteroatoms. The van der Waals surface area contributed by atoms with Gasteiger partial charge in [-0.3, -0.25) is 9.59 Å². The number of ether oxygens (including phenoxy) is 1. The molecule has 2 amide bonds. The third kappa shape index (κ3) is 7.27. The summed E-state index contributed by atoms with van der Waals surface area (Å²) < 4.78 is 5.76. The Balaban J connectivity index is 1.88. The van der Waals surface area contributed by atoms with Crippen LogP contribution in [0.5, 0.6) is 5.75 Å². The number of carbonyl (C=O) groups is 2. The van der Waals surface area contributed by atoms with Gasteiger partial charge in [0.2, 0.25) is 11.8 Å². The standard InChI is InChI=1S/C23H28N2O3/c1-4-25(16-22(26)24-18(2)3)23(27)15-12-19-10-13-21(14-11-19)28-17-20-8-6-5-7-9-20/h5-15,18H,4,16-17H2,1-3H3,(H,24,26)/b15-12+. The second-order valence-corrected chi connectivity index (χ2v) is 6.75. The Morgan fingerprint density at radius 1 is 1.07 bits per heavy atom. The molecule has 2 rings (SSSR count). The molecule has 0 atom stereocenters. The molecular formula is C23H28N2O3. The van der Waals surface area contributed by atoms with Gasteiger partial charge in [0, 0.05) is 18.7 Å². The van der Waals surface area contributed by atoms with E-state index in [2.05, 4.69) is 5.32 Å². The molecule has 0 saturated heterocycles. The number of nitrogens with zero attached hydrogens (tertiary/aromatic N) is 1. The molecule has 0 bridgehead atoms. The molecule has 0 aliphatic rings. The summed E-state index contributed by atoms with van der Waals surface area (Å²) in [4.78, 5) is 25.7. The number of hydrogen-bond acceptors (Lipinski definition) is 3. The minimum Gasteiger partial charge on any atom is -0.489 e. The van der Waals surface area contributed by atoms with E-state index in [-0.39, 0.29) is 24.4 Å². The van der Waals surface area contributed by atoms with Crippen LogP contribution in [0.25, 0.3) is 6.08 Å². The Bertz CT molecular complexity index is 783. The Kier molecular flexibility index (Phi) is 8.28. The van der Waals surface area contributed by atoms with E-state index >= 15 is 0 Å². The van der Waals surface area contributed by atoms with Gasteiger partial charge in [0.25, 0.3) is 0 Å². The van der Waals surface area contributed by atoms with E-state index in [9.17, 15) is 9.59 Å². The Morgan fingerprint density at radius 2 is 1.75 bits per heavy atom. The van der Waals surface area contributed by atoms with Gasteiger partial charge in [-0.05, 0) is 50.1 Å². The third-order valence-corrected chi connectivity index (χ3v) is 4.02. The molecule has 5 nitrogen and oxygen atoms in total. The molecule has 1 N–H and O–H groups in total. The fraction of sp³-hybridized carbons (Fsp3) is 0.304. The van der Waals surface area contributed by atoms with Crippen LogP contribution in [-0.4, -0.2) is 35.8 Å². The molecule has 2 aromatic rings. The molecule has 0 aliphatic carbocycles. The lowest BCUT2D eigenvalue weighted by Gasteiger charge is -2.19. The largest absolute Gasteiger partial charge is 0.489 e. The summed E-state index contributed by atoms with van der Waals surface area (Å²) in [5, 5.41) is 2.80. The van der Waals surface area contributed by atoms with Gasteiger partial charge in [0.15, 0.2) is 0 Å². The van der Waals surface area contributed by atoms with Crippen molar-refractivity contribution in [2.45, 2.75) is 33.4 Å². The lowest BCUT2D eigenvalue weighted by atomic mass is 10.2. The number of hydrogen-bond donors (Lipinski definition) is 1. The first kappa shape index (κ1) is 21.2. The highest BCUT2D eigenvalue weighted by molar-refractivity contribution is 5.94. The summed E-state index contributed by atoms with van der Waals surface area (Å²) in [6, 6.07) is 17.6. The average Bonchev–Trinajstić information content (AvgIpc) is 2.69. The molecule has 2 aromatic carbocycles. The molecule has 0 spiro atoms. The lowest BCUT2D eigenvalue weighted by molar-refractivity contribution is -0.132. The first-order valence-corrected chi connectivity index (χ1v) is 9.51. The lowest BCUT2D eigenvalue weighted by Crippen LogP contribution is -2.42. The monoisotopic (exact) mass is 380 g/mol. The SMILES string of the molecule is CCN(CC(=O)NC(C)C)C(=O)/C=C/c1ccc(OCc2ccccc2)cc1. The van der Waals surface area contributed by atoms with Gasteiger partial charge in [-0.25, -0.2) is 0 Å². The smallest absolute Gasteiger partial charge is 0.247 e. The van der Waals surface area contributed by atoms with Gasteiger partial charge in [0.05, 0.1) is 6.54 Å². The van der Waals surface area contributed by atoms with E-state index in [4.69, 9.17) is 4.74 Å². The van der Waals surface area contributed by atoms with Crippen LogP contribution in [0.1, 0.15) is 31.9 Å². The Morgan fingerprint density at radius 3 is 2.36 bits per heavy atom. The zero-order valence-corrected chi connectivity index (χ0v) is 16.7. The maximum Gasteiger partial charge on any atom is 0.247 e. The topological polar surface area (TPSA) is 58.6 Å². The van der Waals surface area contributed by atoms with Crippen LogP contribution in [0.4, 0.5) is 0 Å². The fourth-order valence-corrected chi connectivity index (χ4v) is 2.58. The van der Waals surface area contributed by atoms with Crippen molar-refractivity contribution >= 4 is 17.9 Å². The zero-order valence-electron chi connectivity index (χ0n) is 16.7. The molecule has 0 unspecified atom stereocenters. The number of benzene rings is 2. The molecule has 0 aromatic heterocycles. The van der Waals surface area contributed by atoms with Crippen LogP contribution < -0.4 is 10.1 Å². The van der Waals surface area contributed by atoms with Gasteiger partial charge in [0.1, 0.15) is 12.4 Å². The fourth-order valence-electron chi connectivity index (χ4n) is 2.58. The van der Waals surface area contributed by atoms with Crippen molar-refractivity contribution in [3.63, 3.8) is 0 Å². The van der Waals surface area contributed by atoms with Crippen molar-refractivity contribution in [2.24, 2.45) is 0 Å². The molecular weight excluding hydrogens is 352 g/mol. The number of amides is 2. The second-order valence-electron chi connectivity index (χ2n) is 6.75. The quantitative estimate of drug-likeness (QED) is 0.676. The second kappa shape index (κ2) is 10.9.